The fraction of sp³-hybridized carbons (Fsp3) is 0.450. The first-order valence-corrected chi connectivity index (χ1v) is 8.62. The number of hydrogen-bond acceptors (Lipinski definition) is 4. The molecule has 0 aliphatic heterocycles. The predicted octanol–water partition coefficient (Wildman–Crippen LogP) is 4.27. The van der Waals surface area contributed by atoms with E-state index in [0.29, 0.717) is 19.0 Å². The molecule has 4 heteroatoms. The van der Waals surface area contributed by atoms with Gasteiger partial charge in [-0.2, -0.15) is 0 Å². The molecule has 0 saturated carbocycles. The van der Waals surface area contributed by atoms with Gasteiger partial charge in [-0.15, -0.1) is 0 Å². The van der Waals surface area contributed by atoms with Gasteiger partial charge in [0.15, 0.2) is 0 Å². The summed E-state index contributed by atoms with van der Waals surface area (Å²) in [5.41, 5.74) is 0. The van der Waals surface area contributed by atoms with Gasteiger partial charge in [0.25, 0.3) is 0 Å². The molecule has 4 nitrogen and oxygen atoms in total. The normalized spacial score (nSPS) is 22.3. The minimum atomic E-state index is -1.17. The number of allylic oxidation sites excluding steroid dienone is 2. The van der Waals surface area contributed by atoms with E-state index in [9.17, 15) is 4.79 Å². The molecule has 0 N–H and O–H groups in total. The molecule has 0 bridgehead atoms. The maximum absolute atomic E-state index is 12.6. The van der Waals surface area contributed by atoms with Crippen LogP contribution >= 0.6 is 0 Å². The van der Waals surface area contributed by atoms with Crippen LogP contribution in [0.2, 0.25) is 0 Å². The van der Waals surface area contributed by atoms with Gasteiger partial charge in [0, 0.05) is 0 Å². The number of hydrogen-bond donors (Lipinski definition) is 0. The molecular formula is C20H26O4. The smallest absolute Gasteiger partial charge is 0.319 e. The Morgan fingerprint density at radius 2 is 1.88 bits per heavy atom. The molecule has 0 saturated heterocycles. The van der Waals surface area contributed by atoms with Crippen LogP contribution in [0.4, 0.5) is 0 Å². The highest BCUT2D eigenvalue weighted by molar-refractivity contribution is 5.77. The number of benzene rings is 1. The van der Waals surface area contributed by atoms with Crippen LogP contribution in [0.15, 0.2) is 54.6 Å². The van der Waals surface area contributed by atoms with Crippen molar-refractivity contribution in [3.8, 4) is 5.75 Å². The summed E-state index contributed by atoms with van der Waals surface area (Å²) in [6, 6.07) is 9.39. The maximum atomic E-state index is 12.6. The SMILES string of the molecule is CCCCOC(=O)C1C=CC=CC1(OCCC)Oc1ccccc1. The molecule has 1 aliphatic rings. The molecule has 0 spiro atoms. The largest absolute Gasteiger partial charge is 0.465 e. The van der Waals surface area contributed by atoms with Crippen molar-refractivity contribution in [3.05, 3.63) is 54.6 Å². The number of carbonyl (C=O) groups is 1. The van der Waals surface area contributed by atoms with Crippen molar-refractivity contribution in [3.63, 3.8) is 0 Å². The molecule has 0 aromatic heterocycles. The summed E-state index contributed by atoms with van der Waals surface area (Å²) < 4.78 is 17.5. The summed E-state index contributed by atoms with van der Waals surface area (Å²) in [6.07, 6.45) is 9.90. The molecule has 0 radical (unpaired) electrons. The third-order valence-corrected chi connectivity index (χ3v) is 3.73. The van der Waals surface area contributed by atoms with E-state index in [1.807, 2.05) is 49.4 Å². The van der Waals surface area contributed by atoms with Crippen LogP contribution in [-0.2, 0) is 14.3 Å². The van der Waals surface area contributed by atoms with Crippen LogP contribution in [-0.4, -0.2) is 25.0 Å². The molecule has 1 aliphatic carbocycles. The minimum Gasteiger partial charge on any atom is -0.465 e. The van der Waals surface area contributed by atoms with Crippen LogP contribution in [0, 0.1) is 5.92 Å². The van der Waals surface area contributed by atoms with Gasteiger partial charge in [-0.05, 0) is 31.1 Å². The Morgan fingerprint density at radius 1 is 1.08 bits per heavy atom. The van der Waals surface area contributed by atoms with Crippen LogP contribution in [0.5, 0.6) is 5.75 Å². The van der Waals surface area contributed by atoms with Gasteiger partial charge in [-0.25, -0.2) is 0 Å². The van der Waals surface area contributed by atoms with Crippen molar-refractivity contribution in [2.45, 2.75) is 38.9 Å². The van der Waals surface area contributed by atoms with E-state index < -0.39 is 11.7 Å². The molecule has 24 heavy (non-hydrogen) atoms. The Morgan fingerprint density at radius 3 is 2.58 bits per heavy atom. The number of ether oxygens (including phenoxy) is 3. The van der Waals surface area contributed by atoms with E-state index in [2.05, 4.69) is 6.92 Å². The summed E-state index contributed by atoms with van der Waals surface area (Å²) in [5, 5.41) is 0. The van der Waals surface area contributed by atoms with E-state index in [1.165, 1.54) is 0 Å². The summed E-state index contributed by atoms with van der Waals surface area (Å²) in [5.74, 6) is -1.47. The molecule has 1 aromatic rings. The van der Waals surface area contributed by atoms with Gasteiger partial charge in [0.2, 0.25) is 5.79 Å². The lowest BCUT2D eigenvalue weighted by Gasteiger charge is -2.37. The van der Waals surface area contributed by atoms with Crippen LogP contribution < -0.4 is 4.74 Å². The van der Waals surface area contributed by atoms with Gasteiger partial charge in [-0.1, -0.05) is 56.7 Å². The van der Waals surface area contributed by atoms with E-state index >= 15 is 0 Å². The Kier molecular flexibility index (Phi) is 7.07. The Labute approximate surface area is 144 Å². The van der Waals surface area contributed by atoms with Crippen molar-refractivity contribution in [2.75, 3.05) is 13.2 Å². The summed E-state index contributed by atoms with van der Waals surface area (Å²) in [4.78, 5) is 12.6. The highest BCUT2D eigenvalue weighted by Gasteiger charge is 2.45. The van der Waals surface area contributed by atoms with Gasteiger partial charge < -0.3 is 14.2 Å². The molecular weight excluding hydrogens is 304 g/mol. The van der Waals surface area contributed by atoms with Gasteiger partial charge >= 0.3 is 5.97 Å². The fourth-order valence-corrected chi connectivity index (χ4v) is 2.45. The zero-order valence-corrected chi connectivity index (χ0v) is 14.4. The summed E-state index contributed by atoms with van der Waals surface area (Å²) in [7, 11) is 0. The highest BCUT2D eigenvalue weighted by atomic mass is 16.7. The zero-order chi connectivity index (χ0) is 17.3. The monoisotopic (exact) mass is 330 g/mol. The molecule has 1 aromatic carbocycles. The lowest BCUT2D eigenvalue weighted by Crippen LogP contribution is -2.49. The first kappa shape index (κ1) is 18.3. The molecule has 0 heterocycles. The first-order chi connectivity index (χ1) is 11.7. The average Bonchev–Trinajstić information content (AvgIpc) is 2.61. The first-order valence-electron chi connectivity index (χ1n) is 8.62. The van der Waals surface area contributed by atoms with Crippen LogP contribution in [0.1, 0.15) is 33.1 Å². The van der Waals surface area contributed by atoms with Gasteiger partial charge in [0.1, 0.15) is 11.7 Å². The second-order valence-electron chi connectivity index (χ2n) is 5.73. The summed E-state index contributed by atoms with van der Waals surface area (Å²) >= 11 is 0. The molecule has 2 atom stereocenters. The second-order valence-corrected chi connectivity index (χ2v) is 5.73. The molecule has 0 amide bonds. The van der Waals surface area contributed by atoms with E-state index in [-0.39, 0.29) is 5.97 Å². The number of carbonyl (C=O) groups excluding carboxylic acids is 1. The summed E-state index contributed by atoms with van der Waals surface area (Å²) in [6.45, 7) is 4.99. The number of unbranched alkanes of at least 4 members (excludes halogenated alkanes) is 1. The fourth-order valence-electron chi connectivity index (χ4n) is 2.45. The predicted molar refractivity (Wildman–Crippen MR) is 93.7 cm³/mol. The van der Waals surface area contributed by atoms with Crippen molar-refractivity contribution in [2.24, 2.45) is 5.92 Å². The Bertz CT molecular complexity index is 564. The third kappa shape index (κ3) is 4.71. The van der Waals surface area contributed by atoms with Crippen molar-refractivity contribution in [1.29, 1.82) is 0 Å². The van der Waals surface area contributed by atoms with E-state index in [4.69, 9.17) is 14.2 Å². The van der Waals surface area contributed by atoms with Crippen molar-refractivity contribution >= 4 is 5.97 Å². The lowest BCUT2D eigenvalue weighted by atomic mass is 9.93. The average molecular weight is 330 g/mol. The zero-order valence-electron chi connectivity index (χ0n) is 14.4. The number of esters is 1. The standard InChI is InChI=1S/C20H26O4/c1-3-5-16-22-19(21)18-13-9-10-14-20(18,23-15-4-2)24-17-11-7-6-8-12-17/h6-14,18H,3-5,15-16H2,1-2H3. The Hall–Kier alpha value is -2.07. The minimum absolute atomic E-state index is 0.323. The van der Waals surface area contributed by atoms with E-state index in [0.717, 1.165) is 19.3 Å². The Balaban J connectivity index is 2.22. The van der Waals surface area contributed by atoms with Crippen molar-refractivity contribution in [1.82, 2.24) is 0 Å². The maximum Gasteiger partial charge on any atom is 0.319 e. The van der Waals surface area contributed by atoms with E-state index in [1.54, 1.807) is 12.2 Å². The second kappa shape index (κ2) is 9.28. The molecule has 2 unspecified atom stereocenters. The van der Waals surface area contributed by atoms with Crippen LogP contribution in [0.25, 0.3) is 0 Å². The highest BCUT2D eigenvalue weighted by Crippen LogP contribution is 2.33. The molecule has 2 rings (SSSR count). The topological polar surface area (TPSA) is 44.8 Å². The third-order valence-electron chi connectivity index (χ3n) is 3.73. The van der Waals surface area contributed by atoms with Gasteiger partial charge in [0.05, 0.1) is 13.2 Å². The quantitative estimate of drug-likeness (QED) is 0.385. The molecule has 0 fully saturated rings. The number of para-hydroxylation sites is 1. The van der Waals surface area contributed by atoms with Crippen LogP contribution in [0.3, 0.4) is 0 Å². The van der Waals surface area contributed by atoms with Gasteiger partial charge in [-0.3, -0.25) is 4.79 Å². The van der Waals surface area contributed by atoms with Crippen molar-refractivity contribution < 1.29 is 19.0 Å². The molecule has 130 valence electrons. The number of rotatable bonds is 9. The lowest BCUT2D eigenvalue weighted by molar-refractivity contribution is -0.192.